The third kappa shape index (κ3) is 5.56. The van der Waals surface area contributed by atoms with Gasteiger partial charge in [0.2, 0.25) is 0 Å². The monoisotopic (exact) mass is 268 g/mol. The van der Waals surface area contributed by atoms with Crippen LogP contribution in [0.25, 0.3) is 0 Å². The number of alkyl halides is 1. The topological polar surface area (TPSA) is 109 Å². The van der Waals surface area contributed by atoms with Crippen molar-refractivity contribution in [2.75, 3.05) is 5.75 Å². The van der Waals surface area contributed by atoms with Crippen LogP contribution in [0.4, 0.5) is 0 Å². The van der Waals surface area contributed by atoms with Gasteiger partial charge in [-0.1, -0.05) is 15.9 Å². The minimum absolute atomic E-state index is 1.08. The van der Waals surface area contributed by atoms with Crippen LogP contribution in [-0.4, -0.2) is 35.9 Å². The van der Waals surface area contributed by atoms with Crippen molar-refractivity contribution in [2.24, 2.45) is 0 Å². The summed E-state index contributed by atoms with van der Waals surface area (Å²) < 4.78 is 55.0. The number of hydrogen-bond donors (Lipinski definition) is 2. The zero-order valence-corrected chi connectivity index (χ0v) is 8.23. The molecule has 0 bridgehead atoms. The van der Waals surface area contributed by atoms with Crippen LogP contribution >= 0.6 is 15.9 Å². The van der Waals surface area contributed by atoms with Gasteiger partial charge in [0, 0.05) is 0 Å². The molecule has 9 heteroatoms. The van der Waals surface area contributed by atoms with Crippen molar-refractivity contribution >= 4 is 36.2 Å². The Morgan fingerprint density at radius 3 is 1.64 bits per heavy atom. The van der Waals surface area contributed by atoms with Crippen LogP contribution in [0, 0.1) is 0 Å². The quantitative estimate of drug-likeness (QED) is 0.527. The highest BCUT2D eigenvalue weighted by molar-refractivity contribution is 9.11. The summed E-state index contributed by atoms with van der Waals surface area (Å²) in [5.74, 6) is -1.08. The van der Waals surface area contributed by atoms with E-state index in [1.165, 1.54) is 0 Å². The fourth-order valence-electron chi connectivity index (χ4n) is 0.252. The minimum Gasteiger partial charge on any atom is -0.285 e. The van der Waals surface area contributed by atoms with Crippen molar-refractivity contribution in [2.45, 2.75) is 4.16 Å². The highest BCUT2D eigenvalue weighted by Crippen LogP contribution is 2.09. The molecule has 0 radical (unpaired) electrons. The first-order valence-corrected chi connectivity index (χ1v) is 6.21. The Labute approximate surface area is 72.2 Å². The zero-order chi connectivity index (χ0) is 9.28. The highest BCUT2D eigenvalue weighted by Gasteiger charge is 2.24. The van der Waals surface area contributed by atoms with Crippen LogP contribution in [0.15, 0.2) is 0 Å². The Hall–Kier alpha value is 0.300. The second kappa shape index (κ2) is 3.35. The summed E-state index contributed by atoms with van der Waals surface area (Å²) in [6.45, 7) is 0. The Morgan fingerprint density at radius 2 is 1.55 bits per heavy atom. The normalized spacial score (nSPS) is 16.3. The molecule has 0 amide bonds. The smallest absolute Gasteiger partial charge is 0.279 e. The summed E-state index contributed by atoms with van der Waals surface area (Å²) in [5.41, 5.74) is 0. The maximum absolute atomic E-state index is 10.1. The molecule has 1 unspecified atom stereocenters. The molecule has 0 aromatic rings. The molecule has 0 saturated heterocycles. The van der Waals surface area contributed by atoms with Crippen LogP contribution in [0.5, 0.6) is 0 Å². The van der Waals surface area contributed by atoms with Gasteiger partial charge in [0.05, 0.1) is 0 Å². The molecule has 68 valence electrons. The molecule has 0 spiro atoms. The van der Waals surface area contributed by atoms with Gasteiger partial charge in [0.15, 0.2) is 4.16 Å². The van der Waals surface area contributed by atoms with Crippen molar-refractivity contribution in [3.63, 3.8) is 0 Å². The van der Waals surface area contributed by atoms with Crippen LogP contribution in [0.1, 0.15) is 0 Å². The molecule has 0 aliphatic heterocycles. The largest absolute Gasteiger partial charge is 0.285 e. The SMILES string of the molecule is O=S(=O)(O)CC(Br)S(=O)(=O)O. The molecular formula is C2H5BrO6S2. The van der Waals surface area contributed by atoms with Gasteiger partial charge in [-0.2, -0.15) is 16.8 Å². The molecule has 6 nitrogen and oxygen atoms in total. The minimum atomic E-state index is -4.46. The lowest BCUT2D eigenvalue weighted by molar-refractivity contribution is 0.469. The molecule has 2 N–H and O–H groups in total. The van der Waals surface area contributed by atoms with Gasteiger partial charge >= 0.3 is 0 Å². The molecule has 0 rings (SSSR count). The van der Waals surface area contributed by atoms with Gasteiger partial charge in [-0.25, -0.2) is 0 Å². The molecule has 0 heterocycles. The predicted octanol–water partition coefficient (Wildman–Crippen LogP) is -0.517. The first-order valence-electron chi connectivity index (χ1n) is 2.18. The number of rotatable bonds is 3. The van der Waals surface area contributed by atoms with Crippen LogP contribution in [0.2, 0.25) is 0 Å². The van der Waals surface area contributed by atoms with Gasteiger partial charge in [0.1, 0.15) is 5.75 Å². The zero-order valence-electron chi connectivity index (χ0n) is 5.01. The van der Waals surface area contributed by atoms with Gasteiger partial charge in [-0.05, 0) is 0 Å². The van der Waals surface area contributed by atoms with E-state index in [9.17, 15) is 16.8 Å². The molecule has 0 aromatic carbocycles. The summed E-state index contributed by atoms with van der Waals surface area (Å²) in [7, 11) is -8.85. The maximum Gasteiger partial charge on any atom is 0.279 e. The van der Waals surface area contributed by atoms with E-state index in [2.05, 4.69) is 15.9 Å². The van der Waals surface area contributed by atoms with E-state index in [0.29, 0.717) is 0 Å². The summed E-state index contributed by atoms with van der Waals surface area (Å²) in [6, 6.07) is 0. The summed E-state index contributed by atoms with van der Waals surface area (Å²) in [4.78, 5) is 0. The second-order valence-electron chi connectivity index (χ2n) is 1.67. The highest BCUT2D eigenvalue weighted by atomic mass is 79.9. The lowest BCUT2D eigenvalue weighted by Crippen LogP contribution is -2.23. The van der Waals surface area contributed by atoms with Gasteiger partial charge < -0.3 is 0 Å². The van der Waals surface area contributed by atoms with E-state index in [1.54, 1.807) is 0 Å². The van der Waals surface area contributed by atoms with E-state index in [-0.39, 0.29) is 0 Å². The molecule has 0 fully saturated rings. The molecule has 0 aliphatic carbocycles. The second-order valence-corrected chi connectivity index (χ2v) is 6.48. The molecule has 0 aliphatic rings. The maximum atomic E-state index is 10.1. The lowest BCUT2D eigenvalue weighted by atomic mass is 11.0. The summed E-state index contributed by atoms with van der Waals surface area (Å²) >= 11 is 2.36. The van der Waals surface area contributed by atoms with Gasteiger partial charge in [-0.3, -0.25) is 9.11 Å². The van der Waals surface area contributed by atoms with Gasteiger partial charge in [0.25, 0.3) is 20.2 Å². The van der Waals surface area contributed by atoms with Crippen molar-refractivity contribution in [1.82, 2.24) is 0 Å². The predicted molar refractivity (Wildman–Crippen MR) is 40.7 cm³/mol. The van der Waals surface area contributed by atoms with Crippen LogP contribution in [-0.2, 0) is 20.2 Å². The third-order valence-corrected chi connectivity index (χ3v) is 4.61. The molecular weight excluding hydrogens is 264 g/mol. The fourth-order valence-corrected chi connectivity index (χ4v) is 2.79. The Kier molecular flexibility index (Phi) is 3.44. The van der Waals surface area contributed by atoms with Crippen molar-refractivity contribution in [3.8, 4) is 0 Å². The van der Waals surface area contributed by atoms with Crippen molar-refractivity contribution < 1.29 is 25.9 Å². The fraction of sp³-hybridized carbons (Fsp3) is 1.00. The van der Waals surface area contributed by atoms with Gasteiger partial charge in [-0.15, -0.1) is 0 Å². The third-order valence-electron chi connectivity index (χ3n) is 0.665. The summed E-state index contributed by atoms with van der Waals surface area (Å²) in [5, 5.41) is 0. The number of hydrogen-bond acceptors (Lipinski definition) is 4. The van der Waals surface area contributed by atoms with E-state index in [4.69, 9.17) is 9.11 Å². The average molecular weight is 269 g/mol. The lowest BCUT2D eigenvalue weighted by Gasteiger charge is -2.01. The van der Waals surface area contributed by atoms with E-state index >= 15 is 0 Å². The summed E-state index contributed by atoms with van der Waals surface area (Å²) in [6.07, 6.45) is 0. The molecule has 0 saturated carbocycles. The standard InChI is InChI=1S/C2H5BrO6S2/c3-2(11(7,8)9)1-10(4,5)6/h2H,1H2,(H,4,5,6)(H,7,8,9). The molecule has 11 heavy (non-hydrogen) atoms. The first-order chi connectivity index (χ1) is 4.63. The van der Waals surface area contributed by atoms with Crippen molar-refractivity contribution in [1.29, 1.82) is 0 Å². The van der Waals surface area contributed by atoms with Crippen LogP contribution < -0.4 is 0 Å². The van der Waals surface area contributed by atoms with E-state index in [0.717, 1.165) is 0 Å². The average Bonchev–Trinajstić information content (AvgIpc) is 1.56. The van der Waals surface area contributed by atoms with E-state index < -0.39 is 30.1 Å². The Bertz CT molecular complexity index is 312. The molecule has 1 atom stereocenters. The number of halogens is 1. The van der Waals surface area contributed by atoms with Crippen LogP contribution in [0.3, 0.4) is 0 Å². The Morgan fingerprint density at radius 1 is 1.18 bits per heavy atom. The Balaban J connectivity index is 4.47. The first kappa shape index (κ1) is 11.3. The van der Waals surface area contributed by atoms with E-state index in [1.807, 2.05) is 0 Å². The molecule has 0 aromatic heterocycles. The van der Waals surface area contributed by atoms with Crippen molar-refractivity contribution in [3.05, 3.63) is 0 Å².